The van der Waals surface area contributed by atoms with Crippen molar-refractivity contribution < 1.29 is 38.6 Å². The highest BCUT2D eigenvalue weighted by molar-refractivity contribution is 5.94. The van der Waals surface area contributed by atoms with Crippen LogP contribution < -0.4 is 16.4 Å². The van der Waals surface area contributed by atoms with Crippen molar-refractivity contribution in [1.29, 1.82) is 0 Å². The molecule has 3 unspecified atom stereocenters. The number of benzene rings is 2. The van der Waals surface area contributed by atoms with Gasteiger partial charge >= 0.3 is 12.1 Å². The lowest BCUT2D eigenvalue weighted by Gasteiger charge is -2.34. The Morgan fingerprint density at radius 3 is 1.96 bits per heavy atom. The van der Waals surface area contributed by atoms with Crippen LogP contribution in [0.15, 0.2) is 54.6 Å². The van der Waals surface area contributed by atoms with Crippen LogP contribution in [-0.4, -0.2) is 69.6 Å². The number of nitrogens with two attached hydrogens (primary N) is 1. The number of esters is 1. The summed E-state index contributed by atoms with van der Waals surface area (Å²) in [6.45, 7) is 11.6. The molecule has 0 aliphatic carbocycles. The molecule has 12 heteroatoms. The number of phenolic OH excluding ortho intramolecular Hbond substituents is 1. The number of amides is 4. The number of phenols is 1. The molecule has 12 nitrogen and oxygen atoms in total. The van der Waals surface area contributed by atoms with E-state index in [-0.39, 0.29) is 37.1 Å². The minimum absolute atomic E-state index is 0.0515. The molecule has 2 aromatic rings. The summed E-state index contributed by atoms with van der Waals surface area (Å²) < 4.78 is 10.9. The Hall–Kier alpha value is -4.61. The Kier molecular flexibility index (Phi) is 12.9. The summed E-state index contributed by atoms with van der Waals surface area (Å²) >= 11 is 0. The van der Waals surface area contributed by atoms with E-state index in [1.807, 2.05) is 6.07 Å². The van der Waals surface area contributed by atoms with Gasteiger partial charge in [-0.05, 0) is 66.5 Å². The van der Waals surface area contributed by atoms with Crippen molar-refractivity contribution in [3.63, 3.8) is 0 Å². The first-order chi connectivity index (χ1) is 20.9. The standard InChI is InChI=1S/C33H46N4O8/c1-8-37(29(41)23(18-19-26(34)39)36-31(43)45-33(5,6)7)27(22-16-12-13-17-25(22)38)28(40)35-24(30(42)44-32(2,3)4)20-21-14-10-9-11-15-21/h9-17,23-24,27,38H,8,18-20H2,1-7H3,(H2,34,39)(H,35,40)(H,36,43). The Labute approximate surface area is 264 Å². The fraction of sp³-hybridized carbons (Fsp3) is 0.485. The van der Waals surface area contributed by atoms with E-state index in [1.165, 1.54) is 12.1 Å². The third kappa shape index (κ3) is 12.1. The fourth-order valence-corrected chi connectivity index (χ4v) is 4.50. The Morgan fingerprint density at radius 2 is 1.42 bits per heavy atom. The fourth-order valence-electron chi connectivity index (χ4n) is 4.50. The molecule has 0 bridgehead atoms. The van der Waals surface area contributed by atoms with Crippen molar-refractivity contribution in [2.75, 3.05) is 6.54 Å². The number of nitrogens with zero attached hydrogens (tertiary/aromatic N) is 1. The predicted octanol–water partition coefficient (Wildman–Crippen LogP) is 3.51. The zero-order valence-corrected chi connectivity index (χ0v) is 27.1. The molecule has 0 aliphatic heterocycles. The lowest BCUT2D eigenvalue weighted by molar-refractivity contribution is -0.159. The van der Waals surface area contributed by atoms with Gasteiger partial charge in [0, 0.05) is 24.9 Å². The van der Waals surface area contributed by atoms with Gasteiger partial charge in [-0.3, -0.25) is 14.4 Å². The molecule has 0 saturated carbocycles. The van der Waals surface area contributed by atoms with E-state index < -0.39 is 59.1 Å². The van der Waals surface area contributed by atoms with Crippen LogP contribution in [0.1, 0.15) is 78.5 Å². The second kappa shape index (κ2) is 15.9. The van der Waals surface area contributed by atoms with Gasteiger partial charge < -0.3 is 35.8 Å². The van der Waals surface area contributed by atoms with E-state index in [4.69, 9.17) is 15.2 Å². The first kappa shape index (κ1) is 36.6. The van der Waals surface area contributed by atoms with Crippen molar-refractivity contribution in [3.8, 4) is 5.75 Å². The summed E-state index contributed by atoms with van der Waals surface area (Å²) in [5.74, 6) is -3.15. The predicted molar refractivity (Wildman–Crippen MR) is 168 cm³/mol. The van der Waals surface area contributed by atoms with Crippen molar-refractivity contribution in [2.24, 2.45) is 5.73 Å². The Bertz CT molecular complexity index is 1330. The normalized spacial score (nSPS) is 13.5. The number of ether oxygens (including phenoxy) is 2. The summed E-state index contributed by atoms with van der Waals surface area (Å²) in [6, 6.07) is 11.1. The highest BCUT2D eigenvalue weighted by Crippen LogP contribution is 2.30. The Balaban J connectivity index is 2.55. The quantitative estimate of drug-likeness (QED) is 0.244. The van der Waals surface area contributed by atoms with Gasteiger partial charge in [-0.15, -0.1) is 0 Å². The van der Waals surface area contributed by atoms with Gasteiger partial charge in [-0.1, -0.05) is 48.5 Å². The molecule has 0 radical (unpaired) electrons. The highest BCUT2D eigenvalue weighted by atomic mass is 16.6. The zero-order chi connectivity index (χ0) is 33.9. The third-order valence-corrected chi connectivity index (χ3v) is 6.37. The zero-order valence-electron chi connectivity index (χ0n) is 27.1. The van der Waals surface area contributed by atoms with Crippen LogP contribution in [-0.2, 0) is 35.1 Å². The van der Waals surface area contributed by atoms with Gasteiger partial charge in [0.1, 0.15) is 35.1 Å². The van der Waals surface area contributed by atoms with Crippen LogP contribution in [0.25, 0.3) is 0 Å². The number of primary amides is 1. The molecule has 246 valence electrons. The minimum Gasteiger partial charge on any atom is -0.508 e. The van der Waals surface area contributed by atoms with E-state index >= 15 is 0 Å². The summed E-state index contributed by atoms with van der Waals surface area (Å²) in [4.78, 5) is 67.0. The molecule has 0 spiro atoms. The number of likely N-dealkylation sites (N-methyl/N-ethyl adjacent to an activating group) is 1. The number of aromatic hydroxyl groups is 1. The molecule has 5 N–H and O–H groups in total. The summed E-state index contributed by atoms with van der Waals surface area (Å²) in [5, 5.41) is 16.0. The second-order valence-corrected chi connectivity index (χ2v) is 12.6. The number of alkyl carbamates (subject to hydrolysis) is 1. The molecule has 3 atom stereocenters. The minimum atomic E-state index is -1.44. The van der Waals surface area contributed by atoms with Crippen molar-refractivity contribution in [1.82, 2.24) is 15.5 Å². The lowest BCUT2D eigenvalue weighted by Crippen LogP contribution is -2.55. The molecular formula is C33H46N4O8. The number of rotatable bonds is 13. The maximum atomic E-state index is 14.2. The maximum Gasteiger partial charge on any atom is 0.408 e. The molecule has 2 rings (SSSR count). The lowest BCUT2D eigenvalue weighted by atomic mass is 9.99. The third-order valence-electron chi connectivity index (χ3n) is 6.37. The average molecular weight is 627 g/mol. The van der Waals surface area contributed by atoms with Crippen LogP contribution in [0.3, 0.4) is 0 Å². The van der Waals surface area contributed by atoms with Gasteiger partial charge in [0.05, 0.1) is 0 Å². The summed E-state index contributed by atoms with van der Waals surface area (Å²) in [7, 11) is 0. The van der Waals surface area contributed by atoms with E-state index in [1.54, 1.807) is 84.9 Å². The van der Waals surface area contributed by atoms with Crippen LogP contribution in [0.4, 0.5) is 4.79 Å². The number of hydrogen-bond donors (Lipinski definition) is 4. The van der Waals surface area contributed by atoms with Crippen LogP contribution in [0.5, 0.6) is 5.75 Å². The number of carbonyl (C=O) groups excluding carboxylic acids is 5. The van der Waals surface area contributed by atoms with Crippen LogP contribution >= 0.6 is 0 Å². The second-order valence-electron chi connectivity index (χ2n) is 12.6. The van der Waals surface area contributed by atoms with Crippen molar-refractivity contribution in [3.05, 3.63) is 65.7 Å². The molecule has 2 aromatic carbocycles. The molecule has 0 fully saturated rings. The maximum absolute atomic E-state index is 14.2. The molecule has 0 aromatic heterocycles. The van der Waals surface area contributed by atoms with Gasteiger partial charge in [0.25, 0.3) is 0 Å². The average Bonchev–Trinajstić information content (AvgIpc) is 2.92. The molecule has 0 heterocycles. The van der Waals surface area contributed by atoms with Gasteiger partial charge in [-0.25, -0.2) is 9.59 Å². The molecule has 4 amide bonds. The summed E-state index contributed by atoms with van der Waals surface area (Å²) in [6.07, 6.45) is -1.23. The van der Waals surface area contributed by atoms with Crippen LogP contribution in [0, 0.1) is 0 Å². The first-order valence-corrected chi connectivity index (χ1v) is 14.8. The first-order valence-electron chi connectivity index (χ1n) is 14.8. The largest absolute Gasteiger partial charge is 0.508 e. The van der Waals surface area contributed by atoms with Gasteiger partial charge in [0.15, 0.2) is 0 Å². The highest BCUT2D eigenvalue weighted by Gasteiger charge is 2.38. The smallest absolute Gasteiger partial charge is 0.408 e. The van der Waals surface area contributed by atoms with Crippen LogP contribution in [0.2, 0.25) is 0 Å². The van der Waals surface area contributed by atoms with E-state index in [2.05, 4.69) is 10.6 Å². The van der Waals surface area contributed by atoms with E-state index in [0.717, 1.165) is 10.5 Å². The Morgan fingerprint density at radius 1 is 0.844 bits per heavy atom. The number of carbonyl (C=O) groups is 5. The topological polar surface area (TPSA) is 177 Å². The van der Waals surface area contributed by atoms with E-state index in [9.17, 15) is 29.1 Å². The van der Waals surface area contributed by atoms with Crippen molar-refractivity contribution >= 4 is 29.8 Å². The van der Waals surface area contributed by atoms with Gasteiger partial charge in [0.2, 0.25) is 17.7 Å². The molecular weight excluding hydrogens is 580 g/mol. The van der Waals surface area contributed by atoms with E-state index in [0.29, 0.717) is 0 Å². The molecule has 0 saturated heterocycles. The molecule has 0 aliphatic rings. The molecule has 45 heavy (non-hydrogen) atoms. The number of nitrogens with one attached hydrogen (secondary N) is 2. The SMILES string of the molecule is CCN(C(=O)C(CCC(N)=O)NC(=O)OC(C)(C)C)C(C(=O)NC(Cc1ccccc1)C(=O)OC(C)(C)C)c1ccccc1O. The number of para-hydroxylation sites is 1. The van der Waals surface area contributed by atoms with Gasteiger partial charge in [-0.2, -0.15) is 0 Å². The van der Waals surface area contributed by atoms with Crippen molar-refractivity contribution in [2.45, 2.75) is 97.1 Å². The number of hydrogen-bond acceptors (Lipinski definition) is 8. The summed E-state index contributed by atoms with van der Waals surface area (Å²) in [5.41, 5.74) is 4.46. The monoisotopic (exact) mass is 626 g/mol.